The quantitative estimate of drug-likeness (QED) is 0.0199. The molecular formula is C60H106O6. The van der Waals surface area contributed by atoms with Crippen LogP contribution in [0.4, 0.5) is 0 Å². The number of allylic oxidation sites excluding steroid dienone is 10. The first-order valence-electron chi connectivity index (χ1n) is 28.3. The molecule has 0 N–H and O–H groups in total. The average Bonchev–Trinajstić information content (AvgIpc) is 3.31. The summed E-state index contributed by atoms with van der Waals surface area (Å²) in [4.78, 5) is 38.1. The predicted molar refractivity (Wildman–Crippen MR) is 284 cm³/mol. The minimum absolute atomic E-state index is 0.0832. The fraction of sp³-hybridized carbons (Fsp3) is 0.783. The van der Waals surface area contributed by atoms with E-state index < -0.39 is 6.10 Å². The van der Waals surface area contributed by atoms with Gasteiger partial charge in [-0.25, -0.2) is 0 Å². The molecule has 0 aromatic heterocycles. The number of carbonyl (C=O) groups is 3. The maximum atomic E-state index is 12.8. The van der Waals surface area contributed by atoms with Gasteiger partial charge in [-0.1, -0.05) is 255 Å². The Kier molecular flexibility index (Phi) is 52.3. The third kappa shape index (κ3) is 52.1. The van der Waals surface area contributed by atoms with Crippen LogP contribution < -0.4 is 0 Å². The summed E-state index contributed by atoms with van der Waals surface area (Å²) in [6.45, 7) is 6.59. The van der Waals surface area contributed by atoms with Crippen molar-refractivity contribution in [2.24, 2.45) is 0 Å². The van der Waals surface area contributed by atoms with Crippen LogP contribution in [0.15, 0.2) is 60.8 Å². The summed E-state index contributed by atoms with van der Waals surface area (Å²) in [7, 11) is 0. The van der Waals surface area contributed by atoms with Crippen molar-refractivity contribution < 1.29 is 28.6 Å². The van der Waals surface area contributed by atoms with Crippen molar-refractivity contribution in [3.63, 3.8) is 0 Å². The second-order valence-electron chi connectivity index (χ2n) is 18.9. The van der Waals surface area contributed by atoms with Crippen LogP contribution in [0, 0.1) is 0 Å². The summed E-state index contributed by atoms with van der Waals surface area (Å²) in [6.07, 6.45) is 67.7. The van der Waals surface area contributed by atoms with Gasteiger partial charge in [0, 0.05) is 19.3 Å². The molecule has 1 atom stereocenters. The van der Waals surface area contributed by atoms with Gasteiger partial charge in [-0.15, -0.1) is 0 Å². The van der Waals surface area contributed by atoms with Crippen molar-refractivity contribution in [1.82, 2.24) is 0 Å². The Balaban J connectivity index is 4.38. The molecule has 0 fully saturated rings. The van der Waals surface area contributed by atoms with E-state index in [9.17, 15) is 14.4 Å². The number of hydrogen-bond donors (Lipinski definition) is 0. The molecule has 0 aliphatic heterocycles. The van der Waals surface area contributed by atoms with Gasteiger partial charge in [-0.3, -0.25) is 14.4 Å². The van der Waals surface area contributed by atoms with E-state index >= 15 is 0 Å². The number of hydrogen-bond acceptors (Lipinski definition) is 6. The highest BCUT2D eigenvalue weighted by Gasteiger charge is 2.19. The maximum Gasteiger partial charge on any atom is 0.306 e. The van der Waals surface area contributed by atoms with E-state index in [0.29, 0.717) is 19.3 Å². The van der Waals surface area contributed by atoms with Gasteiger partial charge < -0.3 is 14.2 Å². The number of unbranched alkanes of at least 4 members (excludes halogenated alkanes) is 33. The summed E-state index contributed by atoms with van der Waals surface area (Å²) in [5, 5.41) is 0. The van der Waals surface area contributed by atoms with Gasteiger partial charge in [-0.2, -0.15) is 0 Å². The van der Waals surface area contributed by atoms with Gasteiger partial charge in [0.15, 0.2) is 6.10 Å². The minimum atomic E-state index is -0.786. The highest BCUT2D eigenvalue weighted by molar-refractivity contribution is 5.71. The molecule has 0 aromatic carbocycles. The van der Waals surface area contributed by atoms with E-state index in [4.69, 9.17) is 14.2 Å². The molecule has 0 aromatic rings. The highest BCUT2D eigenvalue weighted by atomic mass is 16.6. The molecule has 0 amide bonds. The van der Waals surface area contributed by atoms with Crippen molar-refractivity contribution in [3.05, 3.63) is 60.8 Å². The first kappa shape index (κ1) is 63.1. The summed E-state index contributed by atoms with van der Waals surface area (Å²) in [5.74, 6) is -0.902. The third-order valence-electron chi connectivity index (χ3n) is 12.3. The summed E-state index contributed by atoms with van der Waals surface area (Å²) < 4.78 is 16.8. The average molecular weight is 924 g/mol. The van der Waals surface area contributed by atoms with Crippen LogP contribution in [-0.4, -0.2) is 37.2 Å². The molecule has 382 valence electrons. The van der Waals surface area contributed by atoms with Crippen molar-refractivity contribution in [1.29, 1.82) is 0 Å². The Labute approximate surface area is 409 Å². The molecule has 0 radical (unpaired) electrons. The Hall–Kier alpha value is -2.89. The molecule has 0 bridgehead atoms. The molecule has 0 spiro atoms. The van der Waals surface area contributed by atoms with Crippen LogP contribution in [0.3, 0.4) is 0 Å². The van der Waals surface area contributed by atoms with Gasteiger partial charge in [0.1, 0.15) is 13.2 Å². The van der Waals surface area contributed by atoms with Gasteiger partial charge in [0.05, 0.1) is 0 Å². The van der Waals surface area contributed by atoms with Gasteiger partial charge in [0.2, 0.25) is 0 Å². The lowest BCUT2D eigenvalue weighted by Gasteiger charge is -2.18. The molecule has 0 saturated carbocycles. The van der Waals surface area contributed by atoms with E-state index in [2.05, 4.69) is 81.5 Å². The smallest absolute Gasteiger partial charge is 0.306 e. The first-order valence-corrected chi connectivity index (χ1v) is 28.3. The maximum absolute atomic E-state index is 12.8. The monoisotopic (exact) mass is 923 g/mol. The summed E-state index contributed by atoms with van der Waals surface area (Å²) in [5.41, 5.74) is 0. The van der Waals surface area contributed by atoms with E-state index in [1.54, 1.807) is 0 Å². The van der Waals surface area contributed by atoms with E-state index in [1.807, 2.05) is 0 Å². The Morgan fingerprint density at radius 2 is 0.561 bits per heavy atom. The zero-order valence-corrected chi connectivity index (χ0v) is 43.7. The van der Waals surface area contributed by atoms with Crippen LogP contribution in [-0.2, 0) is 28.6 Å². The van der Waals surface area contributed by atoms with Gasteiger partial charge >= 0.3 is 17.9 Å². The molecule has 6 heteroatoms. The highest BCUT2D eigenvalue weighted by Crippen LogP contribution is 2.15. The summed E-state index contributed by atoms with van der Waals surface area (Å²) >= 11 is 0. The van der Waals surface area contributed by atoms with E-state index in [-0.39, 0.29) is 31.1 Å². The normalized spacial score (nSPS) is 12.5. The van der Waals surface area contributed by atoms with Crippen LogP contribution in [0.25, 0.3) is 0 Å². The zero-order valence-electron chi connectivity index (χ0n) is 43.7. The lowest BCUT2D eigenvalue weighted by molar-refractivity contribution is -0.167. The topological polar surface area (TPSA) is 78.9 Å². The van der Waals surface area contributed by atoms with E-state index in [1.165, 1.54) is 161 Å². The molecule has 0 aliphatic rings. The fourth-order valence-electron chi connectivity index (χ4n) is 8.04. The van der Waals surface area contributed by atoms with Crippen LogP contribution in [0.1, 0.15) is 284 Å². The molecular weight excluding hydrogens is 817 g/mol. The lowest BCUT2D eigenvalue weighted by Crippen LogP contribution is -2.30. The molecule has 6 nitrogen and oxygen atoms in total. The van der Waals surface area contributed by atoms with Crippen LogP contribution >= 0.6 is 0 Å². The van der Waals surface area contributed by atoms with Crippen LogP contribution in [0.5, 0.6) is 0 Å². The molecule has 0 saturated heterocycles. The molecule has 0 rings (SSSR count). The molecule has 0 aliphatic carbocycles. The summed E-state index contributed by atoms with van der Waals surface area (Å²) in [6, 6.07) is 0. The lowest BCUT2D eigenvalue weighted by atomic mass is 10.1. The van der Waals surface area contributed by atoms with Crippen molar-refractivity contribution in [2.45, 2.75) is 290 Å². The van der Waals surface area contributed by atoms with Crippen LogP contribution in [0.2, 0.25) is 0 Å². The number of carbonyl (C=O) groups excluding carboxylic acids is 3. The molecule has 66 heavy (non-hydrogen) atoms. The second kappa shape index (κ2) is 54.7. The Morgan fingerprint density at radius 1 is 0.303 bits per heavy atom. The van der Waals surface area contributed by atoms with E-state index in [0.717, 1.165) is 83.5 Å². The number of rotatable bonds is 51. The van der Waals surface area contributed by atoms with Gasteiger partial charge in [0.25, 0.3) is 0 Å². The van der Waals surface area contributed by atoms with Crippen molar-refractivity contribution in [2.75, 3.05) is 13.2 Å². The third-order valence-corrected chi connectivity index (χ3v) is 12.3. The molecule has 0 heterocycles. The largest absolute Gasteiger partial charge is 0.462 e. The SMILES string of the molecule is CCCCC\C=C/C=C\C=C/C=C\CCCCCCCC(=O)OC(COC(=O)CCCCCCCCC/C=C\CCCCCCCCCC)COC(=O)CCCCCCCCCCCCC. The number of esters is 3. The molecule has 1 unspecified atom stereocenters. The second-order valence-corrected chi connectivity index (χ2v) is 18.9. The fourth-order valence-corrected chi connectivity index (χ4v) is 8.04. The van der Waals surface area contributed by atoms with Crippen molar-refractivity contribution >= 4 is 17.9 Å². The predicted octanol–water partition coefficient (Wildman–Crippen LogP) is 18.8. The zero-order chi connectivity index (χ0) is 47.9. The standard InChI is InChI=1S/C60H106O6/c1-4-7-10-13-16-19-22-24-26-28-30-32-33-35-38-41-44-47-50-53-59(62)65-56-57(55-64-58(61)52-49-46-43-40-37-21-18-15-12-9-6-3)66-60(63)54-51-48-45-42-39-36-34-31-29-27-25-23-20-17-14-11-8-5-2/h17,20,23,25,27-31,34,57H,4-16,18-19,21-22,24,26,32-33,35-56H2,1-3H3/b20-17-,25-23-,29-27-,30-28-,34-31-. The first-order chi connectivity index (χ1) is 32.5. The van der Waals surface area contributed by atoms with Crippen molar-refractivity contribution in [3.8, 4) is 0 Å². The Morgan fingerprint density at radius 3 is 0.924 bits per heavy atom. The van der Waals surface area contributed by atoms with Gasteiger partial charge in [-0.05, 0) is 70.6 Å². The minimum Gasteiger partial charge on any atom is -0.462 e. The Bertz CT molecular complexity index is 1200. The number of ether oxygens (including phenoxy) is 3.